The van der Waals surface area contributed by atoms with E-state index < -0.39 is 35.1 Å². The minimum Gasteiger partial charge on any atom is -0.466 e. The van der Waals surface area contributed by atoms with Crippen LogP contribution in [0.5, 0.6) is 0 Å². The summed E-state index contributed by atoms with van der Waals surface area (Å²) in [7, 11) is 4.26. The molecule has 2 aromatic rings. The fraction of sp³-hybridized carbons (Fsp3) is 0.367. The van der Waals surface area contributed by atoms with Crippen molar-refractivity contribution < 1.29 is 32.6 Å². The van der Waals surface area contributed by atoms with Gasteiger partial charge in [-0.1, -0.05) is 36.4 Å². The molecule has 2 aromatic carbocycles. The first kappa shape index (κ1) is 31.8. The number of carbonyl (C=O) groups is 3. The van der Waals surface area contributed by atoms with E-state index in [1.165, 1.54) is 6.07 Å². The molecule has 0 radical (unpaired) electrons. The molecule has 1 fully saturated rings. The van der Waals surface area contributed by atoms with E-state index in [1.807, 2.05) is 37.4 Å². The van der Waals surface area contributed by atoms with Gasteiger partial charge in [0.1, 0.15) is 11.6 Å². The van der Waals surface area contributed by atoms with Crippen LogP contribution in [0, 0.1) is 11.6 Å². The summed E-state index contributed by atoms with van der Waals surface area (Å²) in [5.74, 6) is -5.40. The third-order valence-corrected chi connectivity index (χ3v) is 7.32. The molecule has 0 aromatic heterocycles. The molecule has 1 unspecified atom stereocenters. The van der Waals surface area contributed by atoms with Crippen LogP contribution in [0.4, 0.5) is 8.78 Å². The van der Waals surface area contributed by atoms with E-state index in [9.17, 15) is 14.4 Å². The van der Waals surface area contributed by atoms with E-state index in [0.717, 1.165) is 31.9 Å². The molecule has 41 heavy (non-hydrogen) atoms. The Morgan fingerprint density at radius 3 is 1.95 bits per heavy atom. The van der Waals surface area contributed by atoms with Crippen molar-refractivity contribution in [2.45, 2.75) is 25.2 Å². The number of allylic oxidation sites excluding steroid dienone is 1. The van der Waals surface area contributed by atoms with Gasteiger partial charge in [0.05, 0.1) is 37.7 Å². The third kappa shape index (κ3) is 7.12. The Balaban J connectivity index is 0.00000462. The SMILES string of the molecule is COC(=O)C1=C(CCc2ccccc2)NC(CC(=O)N2CCN(C)CC2)=C(C(=O)OC)C1c1c(F)cccc1F.Cl. The van der Waals surface area contributed by atoms with Crippen LogP contribution in [-0.4, -0.2) is 75.1 Å². The Morgan fingerprint density at radius 1 is 0.829 bits per heavy atom. The number of nitrogens with zero attached hydrogens (tertiary/aromatic N) is 2. The van der Waals surface area contributed by atoms with E-state index in [2.05, 4.69) is 10.2 Å². The fourth-order valence-corrected chi connectivity index (χ4v) is 5.16. The van der Waals surface area contributed by atoms with Crippen LogP contribution >= 0.6 is 12.4 Å². The number of esters is 2. The molecule has 4 rings (SSSR count). The third-order valence-electron chi connectivity index (χ3n) is 7.32. The lowest BCUT2D eigenvalue weighted by Crippen LogP contribution is -2.47. The number of hydrogen-bond donors (Lipinski definition) is 1. The molecular formula is C30H34ClF2N3O5. The number of aryl methyl sites for hydroxylation is 1. The van der Waals surface area contributed by atoms with Crippen LogP contribution in [0.15, 0.2) is 71.1 Å². The molecule has 0 spiro atoms. The first-order chi connectivity index (χ1) is 19.2. The predicted octanol–water partition coefficient (Wildman–Crippen LogP) is 3.72. The van der Waals surface area contributed by atoms with Crippen LogP contribution in [0.2, 0.25) is 0 Å². The molecule has 2 aliphatic rings. The normalized spacial score (nSPS) is 17.5. The van der Waals surface area contributed by atoms with Gasteiger partial charge < -0.3 is 24.6 Å². The number of likely N-dealkylation sites (N-methyl/N-ethyl adjacent to an activating group) is 1. The van der Waals surface area contributed by atoms with Crippen molar-refractivity contribution in [2.75, 3.05) is 47.4 Å². The summed E-state index contributed by atoms with van der Waals surface area (Å²) in [6, 6.07) is 12.8. The summed E-state index contributed by atoms with van der Waals surface area (Å²) in [5.41, 5.74) is 0.604. The van der Waals surface area contributed by atoms with Gasteiger partial charge in [0.15, 0.2) is 0 Å². The second kappa shape index (κ2) is 14.2. The monoisotopic (exact) mass is 589 g/mol. The number of hydrogen-bond acceptors (Lipinski definition) is 7. The smallest absolute Gasteiger partial charge is 0.336 e. The van der Waals surface area contributed by atoms with Gasteiger partial charge in [-0.15, -0.1) is 12.4 Å². The number of dihydropyridines is 1. The quantitative estimate of drug-likeness (QED) is 0.470. The zero-order valence-electron chi connectivity index (χ0n) is 23.2. The Labute approximate surface area is 244 Å². The molecule has 11 heteroatoms. The summed E-state index contributed by atoms with van der Waals surface area (Å²) in [5, 5.41) is 3.13. The van der Waals surface area contributed by atoms with Crippen molar-refractivity contribution in [1.82, 2.24) is 15.1 Å². The average Bonchev–Trinajstić information content (AvgIpc) is 2.96. The number of amides is 1. The van der Waals surface area contributed by atoms with Crippen LogP contribution in [-0.2, 0) is 30.3 Å². The highest BCUT2D eigenvalue weighted by Gasteiger charge is 2.42. The number of benzene rings is 2. The van der Waals surface area contributed by atoms with E-state index >= 15 is 8.78 Å². The number of carbonyl (C=O) groups excluding carboxylic acids is 3. The minimum atomic E-state index is -1.50. The van der Waals surface area contributed by atoms with Crippen molar-refractivity contribution in [3.8, 4) is 0 Å². The van der Waals surface area contributed by atoms with Crippen molar-refractivity contribution in [2.24, 2.45) is 0 Å². The van der Waals surface area contributed by atoms with E-state index in [1.54, 1.807) is 4.90 Å². The van der Waals surface area contributed by atoms with Gasteiger partial charge in [0.25, 0.3) is 0 Å². The first-order valence-electron chi connectivity index (χ1n) is 13.1. The van der Waals surface area contributed by atoms with Crippen molar-refractivity contribution in [3.05, 3.63) is 93.8 Å². The van der Waals surface area contributed by atoms with E-state index in [0.29, 0.717) is 38.3 Å². The molecular weight excluding hydrogens is 556 g/mol. The summed E-state index contributed by atoms with van der Waals surface area (Å²) < 4.78 is 40.7. The van der Waals surface area contributed by atoms with E-state index in [-0.39, 0.29) is 48.0 Å². The number of rotatable bonds is 8. The fourth-order valence-electron chi connectivity index (χ4n) is 5.16. The number of nitrogens with one attached hydrogen (secondary N) is 1. The minimum absolute atomic E-state index is 0. The Morgan fingerprint density at radius 2 is 1.39 bits per heavy atom. The molecule has 0 saturated carbocycles. The van der Waals surface area contributed by atoms with Gasteiger partial charge in [-0.25, -0.2) is 18.4 Å². The molecule has 1 saturated heterocycles. The maximum Gasteiger partial charge on any atom is 0.336 e. The lowest BCUT2D eigenvalue weighted by molar-refractivity contribution is -0.137. The van der Waals surface area contributed by atoms with Crippen molar-refractivity contribution in [1.29, 1.82) is 0 Å². The maximum atomic E-state index is 15.3. The molecule has 8 nitrogen and oxygen atoms in total. The van der Waals surface area contributed by atoms with Crippen molar-refractivity contribution >= 4 is 30.3 Å². The number of piperazine rings is 1. The van der Waals surface area contributed by atoms with Crippen LogP contribution in [0.3, 0.4) is 0 Å². The largest absolute Gasteiger partial charge is 0.466 e. The molecule has 220 valence electrons. The summed E-state index contributed by atoms with van der Waals surface area (Å²) in [6.07, 6.45) is 0.481. The molecule has 1 atom stereocenters. The highest BCUT2D eigenvalue weighted by molar-refractivity contribution is 6.00. The van der Waals surface area contributed by atoms with Gasteiger partial charge >= 0.3 is 11.9 Å². The molecule has 1 amide bonds. The zero-order chi connectivity index (χ0) is 28.8. The molecule has 0 aliphatic carbocycles. The average molecular weight is 590 g/mol. The summed E-state index contributed by atoms with van der Waals surface area (Å²) in [6.45, 7) is 2.40. The zero-order valence-corrected chi connectivity index (χ0v) is 24.1. The number of halogens is 3. The van der Waals surface area contributed by atoms with Gasteiger partial charge in [-0.2, -0.15) is 0 Å². The second-order valence-corrected chi connectivity index (χ2v) is 9.81. The van der Waals surface area contributed by atoms with Gasteiger partial charge in [0, 0.05) is 43.1 Å². The topological polar surface area (TPSA) is 88.2 Å². The summed E-state index contributed by atoms with van der Waals surface area (Å²) in [4.78, 5) is 43.7. The predicted molar refractivity (Wildman–Crippen MR) is 151 cm³/mol. The Bertz CT molecular complexity index is 1320. The molecule has 0 bridgehead atoms. The second-order valence-electron chi connectivity index (χ2n) is 9.81. The number of ether oxygens (including phenoxy) is 2. The maximum absolute atomic E-state index is 15.3. The molecule has 2 aliphatic heterocycles. The summed E-state index contributed by atoms with van der Waals surface area (Å²) >= 11 is 0. The molecule has 2 heterocycles. The molecule has 1 N–H and O–H groups in total. The first-order valence-corrected chi connectivity index (χ1v) is 13.1. The number of methoxy groups -OCH3 is 2. The lowest BCUT2D eigenvalue weighted by atomic mass is 9.78. The Kier molecular flexibility index (Phi) is 11.0. The van der Waals surface area contributed by atoms with Crippen LogP contribution in [0.1, 0.15) is 29.9 Å². The standard InChI is InChI=1S/C30H33F2N3O5.ClH/c1-34-14-16-35(17-15-34)24(36)18-23-27(30(38)40-3)28(25-20(31)10-7-11-21(25)32)26(29(37)39-2)22(33-23)13-12-19-8-5-4-6-9-19;/h4-11,28,33H,12-18H2,1-3H3;1H. The lowest BCUT2D eigenvalue weighted by Gasteiger charge is -2.35. The van der Waals surface area contributed by atoms with Crippen LogP contribution < -0.4 is 5.32 Å². The highest BCUT2D eigenvalue weighted by atomic mass is 35.5. The van der Waals surface area contributed by atoms with Crippen LogP contribution in [0.25, 0.3) is 0 Å². The van der Waals surface area contributed by atoms with Crippen molar-refractivity contribution in [3.63, 3.8) is 0 Å². The van der Waals surface area contributed by atoms with Gasteiger partial charge in [0.2, 0.25) is 5.91 Å². The van der Waals surface area contributed by atoms with Gasteiger partial charge in [-0.3, -0.25) is 4.79 Å². The highest BCUT2D eigenvalue weighted by Crippen LogP contribution is 2.43. The van der Waals surface area contributed by atoms with Gasteiger partial charge in [-0.05, 0) is 37.6 Å². The Hall–Kier alpha value is -3.76. The van der Waals surface area contributed by atoms with E-state index in [4.69, 9.17) is 9.47 Å².